The second-order valence-electron chi connectivity index (χ2n) is 5.19. The first-order valence-electron chi connectivity index (χ1n) is 6.62. The number of anilines is 1. The minimum absolute atomic E-state index is 0.109. The van der Waals surface area contributed by atoms with Gasteiger partial charge in [0.25, 0.3) is 0 Å². The first kappa shape index (κ1) is 15.3. The molecule has 2 atom stereocenters. The van der Waals surface area contributed by atoms with Crippen molar-refractivity contribution in [2.24, 2.45) is 5.92 Å². The Bertz CT molecular complexity index is 498. The summed E-state index contributed by atoms with van der Waals surface area (Å²) in [5.41, 5.74) is 0.142. The Labute approximate surface area is 126 Å². The third kappa shape index (κ3) is 3.70. The highest BCUT2D eigenvalue weighted by Crippen LogP contribution is 2.26. The van der Waals surface area contributed by atoms with Gasteiger partial charge in [-0.15, -0.1) is 0 Å². The van der Waals surface area contributed by atoms with E-state index in [-0.39, 0.29) is 23.7 Å². The number of halogens is 2. The lowest BCUT2D eigenvalue weighted by Gasteiger charge is -2.23. The Morgan fingerprint density at radius 1 is 1.55 bits per heavy atom. The van der Waals surface area contributed by atoms with Crippen LogP contribution in [0.2, 0.25) is 0 Å². The van der Waals surface area contributed by atoms with Crippen molar-refractivity contribution in [2.75, 3.05) is 18.9 Å². The maximum atomic E-state index is 13.6. The molecule has 1 aromatic carbocycles. The van der Waals surface area contributed by atoms with Gasteiger partial charge in [0.2, 0.25) is 0 Å². The van der Waals surface area contributed by atoms with Crippen LogP contribution >= 0.6 is 15.9 Å². The maximum Gasteiger partial charge on any atom is 0.321 e. The van der Waals surface area contributed by atoms with Gasteiger partial charge in [-0.2, -0.15) is 0 Å². The van der Waals surface area contributed by atoms with Gasteiger partial charge in [0.1, 0.15) is 5.82 Å². The molecule has 20 heavy (non-hydrogen) atoms. The average molecular weight is 345 g/mol. The number of carbonyl (C=O) groups is 1. The first-order chi connectivity index (χ1) is 9.47. The fraction of sp³-hybridized carbons (Fsp3) is 0.500. The zero-order valence-corrected chi connectivity index (χ0v) is 12.9. The summed E-state index contributed by atoms with van der Waals surface area (Å²) in [6.45, 7) is 0.475. The van der Waals surface area contributed by atoms with Gasteiger partial charge >= 0.3 is 6.03 Å². The average Bonchev–Trinajstić information content (AvgIpc) is 2.79. The van der Waals surface area contributed by atoms with Crippen LogP contribution in [-0.4, -0.2) is 35.7 Å². The van der Waals surface area contributed by atoms with E-state index in [4.69, 9.17) is 0 Å². The summed E-state index contributed by atoms with van der Waals surface area (Å²) in [6.07, 6.45) is 2.36. The van der Waals surface area contributed by atoms with Gasteiger partial charge in [-0.3, -0.25) is 0 Å². The van der Waals surface area contributed by atoms with Crippen LogP contribution in [0, 0.1) is 11.7 Å². The Kier molecular flexibility index (Phi) is 4.99. The number of rotatable bonds is 3. The lowest BCUT2D eigenvalue weighted by molar-refractivity contribution is 0.116. The molecule has 2 unspecified atom stereocenters. The minimum atomic E-state index is -0.476. The molecule has 2 N–H and O–H groups in total. The van der Waals surface area contributed by atoms with Crippen LogP contribution in [0.1, 0.15) is 19.3 Å². The van der Waals surface area contributed by atoms with Crippen molar-refractivity contribution in [3.63, 3.8) is 0 Å². The minimum Gasteiger partial charge on any atom is -0.393 e. The van der Waals surface area contributed by atoms with Crippen molar-refractivity contribution in [2.45, 2.75) is 25.4 Å². The molecule has 110 valence electrons. The Morgan fingerprint density at radius 3 is 2.95 bits per heavy atom. The predicted octanol–water partition coefficient (Wildman–Crippen LogP) is 3.21. The molecule has 4 nitrogen and oxygen atoms in total. The SMILES string of the molecule is CN(CC1CCCC1O)C(=O)Nc1cc(Br)ccc1F. The molecular weight excluding hydrogens is 327 g/mol. The molecule has 0 radical (unpaired) electrons. The molecule has 1 saturated carbocycles. The summed E-state index contributed by atoms with van der Waals surface area (Å²) in [7, 11) is 1.65. The lowest BCUT2D eigenvalue weighted by atomic mass is 10.1. The van der Waals surface area contributed by atoms with E-state index in [2.05, 4.69) is 21.2 Å². The van der Waals surface area contributed by atoms with E-state index in [0.717, 1.165) is 19.3 Å². The number of hydrogen-bond acceptors (Lipinski definition) is 2. The van der Waals surface area contributed by atoms with Crippen LogP contribution in [0.25, 0.3) is 0 Å². The number of carbonyl (C=O) groups excluding carboxylic acids is 1. The number of amides is 2. The van der Waals surface area contributed by atoms with E-state index in [1.807, 2.05) is 0 Å². The second-order valence-corrected chi connectivity index (χ2v) is 6.11. The summed E-state index contributed by atoms with van der Waals surface area (Å²) in [5.74, 6) is -0.367. The van der Waals surface area contributed by atoms with Crippen molar-refractivity contribution in [1.82, 2.24) is 4.90 Å². The van der Waals surface area contributed by atoms with E-state index in [9.17, 15) is 14.3 Å². The molecule has 1 aliphatic rings. The van der Waals surface area contributed by atoms with E-state index in [0.29, 0.717) is 11.0 Å². The number of benzene rings is 1. The largest absolute Gasteiger partial charge is 0.393 e. The van der Waals surface area contributed by atoms with Gasteiger partial charge in [-0.1, -0.05) is 22.4 Å². The van der Waals surface area contributed by atoms with Crippen molar-refractivity contribution in [3.8, 4) is 0 Å². The van der Waals surface area contributed by atoms with Gasteiger partial charge in [-0.05, 0) is 31.0 Å². The summed E-state index contributed by atoms with van der Waals surface area (Å²) in [5, 5.41) is 12.3. The van der Waals surface area contributed by atoms with Gasteiger partial charge in [0.15, 0.2) is 0 Å². The number of nitrogens with zero attached hydrogens (tertiary/aromatic N) is 1. The number of aliphatic hydroxyl groups excluding tert-OH is 1. The smallest absolute Gasteiger partial charge is 0.321 e. The molecule has 0 bridgehead atoms. The third-order valence-electron chi connectivity index (χ3n) is 3.64. The lowest BCUT2D eigenvalue weighted by Crippen LogP contribution is -2.37. The van der Waals surface area contributed by atoms with Gasteiger partial charge in [0.05, 0.1) is 11.8 Å². The third-order valence-corrected chi connectivity index (χ3v) is 4.14. The topological polar surface area (TPSA) is 52.6 Å². The molecule has 1 aromatic rings. The Morgan fingerprint density at radius 2 is 2.30 bits per heavy atom. The molecule has 0 heterocycles. The van der Waals surface area contributed by atoms with E-state index in [1.54, 1.807) is 13.1 Å². The maximum absolute atomic E-state index is 13.6. The summed E-state index contributed by atoms with van der Waals surface area (Å²) in [4.78, 5) is 13.5. The molecular formula is C14H18BrFN2O2. The predicted molar refractivity (Wildman–Crippen MR) is 79.1 cm³/mol. The van der Waals surface area contributed by atoms with Crippen LogP contribution in [-0.2, 0) is 0 Å². The first-order valence-corrected chi connectivity index (χ1v) is 7.42. The van der Waals surface area contributed by atoms with Crippen LogP contribution in [0.5, 0.6) is 0 Å². The summed E-state index contributed by atoms with van der Waals surface area (Å²) < 4.78 is 14.3. The van der Waals surface area contributed by atoms with Gasteiger partial charge < -0.3 is 15.3 Å². The molecule has 2 amide bonds. The van der Waals surface area contributed by atoms with Crippen molar-refractivity contribution in [3.05, 3.63) is 28.5 Å². The van der Waals surface area contributed by atoms with E-state index >= 15 is 0 Å². The highest BCUT2D eigenvalue weighted by atomic mass is 79.9. The molecule has 1 aliphatic carbocycles. The number of hydrogen-bond donors (Lipinski definition) is 2. The second kappa shape index (κ2) is 6.54. The van der Waals surface area contributed by atoms with Gasteiger partial charge in [0, 0.05) is 24.0 Å². The molecule has 6 heteroatoms. The summed E-state index contributed by atoms with van der Waals surface area (Å²) >= 11 is 3.24. The molecule has 0 spiro atoms. The Balaban J connectivity index is 1.95. The van der Waals surface area contributed by atoms with E-state index in [1.165, 1.54) is 17.0 Å². The van der Waals surface area contributed by atoms with Crippen molar-refractivity contribution < 1.29 is 14.3 Å². The fourth-order valence-electron chi connectivity index (χ4n) is 2.47. The molecule has 1 fully saturated rings. The quantitative estimate of drug-likeness (QED) is 0.884. The highest BCUT2D eigenvalue weighted by molar-refractivity contribution is 9.10. The van der Waals surface area contributed by atoms with E-state index < -0.39 is 5.82 Å². The standard InChI is InChI=1S/C14H18BrFN2O2/c1-18(8-9-3-2-4-13(9)19)14(20)17-12-7-10(15)5-6-11(12)16/h5-7,9,13,19H,2-4,8H2,1H3,(H,17,20). The van der Waals surface area contributed by atoms with Crippen LogP contribution < -0.4 is 5.32 Å². The number of urea groups is 1. The molecule has 2 rings (SSSR count). The zero-order chi connectivity index (χ0) is 14.7. The summed E-state index contributed by atoms with van der Waals surface area (Å²) in [6, 6.07) is 4.01. The van der Waals surface area contributed by atoms with Crippen LogP contribution in [0.4, 0.5) is 14.9 Å². The Hall–Kier alpha value is -1.14. The number of nitrogens with one attached hydrogen (secondary N) is 1. The zero-order valence-electron chi connectivity index (χ0n) is 11.3. The normalized spacial score (nSPS) is 21.8. The molecule has 0 aliphatic heterocycles. The van der Waals surface area contributed by atoms with Crippen LogP contribution in [0.15, 0.2) is 22.7 Å². The van der Waals surface area contributed by atoms with Gasteiger partial charge in [-0.25, -0.2) is 9.18 Å². The van der Waals surface area contributed by atoms with Crippen molar-refractivity contribution >= 4 is 27.6 Å². The van der Waals surface area contributed by atoms with Crippen molar-refractivity contribution in [1.29, 1.82) is 0 Å². The molecule has 0 aromatic heterocycles. The monoisotopic (exact) mass is 344 g/mol. The van der Waals surface area contributed by atoms with Crippen LogP contribution in [0.3, 0.4) is 0 Å². The molecule has 0 saturated heterocycles. The number of aliphatic hydroxyl groups is 1. The highest BCUT2D eigenvalue weighted by Gasteiger charge is 2.27. The fourth-order valence-corrected chi connectivity index (χ4v) is 2.83.